The van der Waals surface area contributed by atoms with Crippen LogP contribution in [0.4, 0.5) is 11.6 Å². The smallest absolute Gasteiger partial charge is 0.256 e. The van der Waals surface area contributed by atoms with E-state index in [1.807, 2.05) is 12.3 Å². The Kier molecular flexibility index (Phi) is 11.4. The third kappa shape index (κ3) is 8.63. The van der Waals surface area contributed by atoms with Crippen molar-refractivity contribution in [2.24, 2.45) is 10.6 Å². The van der Waals surface area contributed by atoms with Gasteiger partial charge < -0.3 is 24.3 Å². The molecule has 0 unspecified atom stereocenters. The number of nitrogens with zero attached hydrogens (tertiary/aromatic N) is 8. The molecule has 0 radical (unpaired) electrons. The van der Waals surface area contributed by atoms with E-state index >= 15 is 0 Å². The number of methoxy groups -OCH3 is 1. The molecule has 15 heteroatoms. The lowest BCUT2D eigenvalue weighted by molar-refractivity contribution is -0.0458. The number of ether oxygens (including phenoxy) is 4. The first-order valence-electron chi connectivity index (χ1n) is 17.7. The molecule has 3 N–H and O–H groups in total. The molecule has 3 fully saturated rings. The van der Waals surface area contributed by atoms with Crippen LogP contribution >= 0.6 is 0 Å². The minimum absolute atomic E-state index is 0.189. The van der Waals surface area contributed by atoms with Crippen LogP contribution in [0.25, 0.3) is 11.1 Å². The number of aromatic nitrogens is 4. The van der Waals surface area contributed by atoms with Crippen LogP contribution in [0.2, 0.25) is 0 Å². The number of anilines is 2. The first kappa shape index (κ1) is 36.2. The van der Waals surface area contributed by atoms with Crippen molar-refractivity contribution in [1.82, 2.24) is 29.7 Å². The van der Waals surface area contributed by atoms with Crippen LogP contribution in [0.3, 0.4) is 0 Å². The predicted molar refractivity (Wildman–Crippen MR) is 190 cm³/mol. The van der Waals surface area contributed by atoms with Gasteiger partial charge in [0.15, 0.2) is 0 Å². The number of fused-ring (bicyclic) bond motifs is 2. The van der Waals surface area contributed by atoms with Gasteiger partial charge in [0.2, 0.25) is 5.95 Å². The molecule has 272 valence electrons. The molecule has 6 rings (SSSR count). The fraction of sp³-hybridized carbons (Fsp3) is 0.583. The molecular weight excluding hydrogens is 650 g/mol. The third-order valence-electron chi connectivity index (χ3n) is 9.98. The van der Waals surface area contributed by atoms with Crippen LogP contribution < -0.4 is 14.8 Å². The van der Waals surface area contributed by atoms with Crippen molar-refractivity contribution < 1.29 is 18.9 Å². The summed E-state index contributed by atoms with van der Waals surface area (Å²) in [5.74, 6) is 1.29. The normalized spacial score (nSPS) is 22.5. The second-order valence-electron chi connectivity index (χ2n) is 14.6. The Morgan fingerprint density at radius 2 is 1.76 bits per heavy atom. The zero-order valence-corrected chi connectivity index (χ0v) is 29.9. The molecule has 1 aromatic carbocycles. The van der Waals surface area contributed by atoms with Crippen molar-refractivity contribution in [2.75, 3.05) is 45.4 Å². The van der Waals surface area contributed by atoms with E-state index in [2.05, 4.69) is 50.0 Å². The molecule has 3 aromatic rings. The highest BCUT2D eigenvalue weighted by molar-refractivity contribution is 5.67. The first-order chi connectivity index (χ1) is 24.7. The topological polar surface area (TPSA) is 183 Å². The SMILES string of the molecule is COCC(C)(C)COc1nn(C2CCC(N3[C@@H]4CC[C@H]3COC4)CC2)cc1Nc1ncc(-c2ccc(C#N)c(O[C@@H](C)CN(C=N)N=N)c2)cn1. The first-order valence-corrected chi connectivity index (χ1v) is 17.7. The van der Waals surface area contributed by atoms with E-state index in [0.717, 1.165) is 61.4 Å². The van der Waals surface area contributed by atoms with Crippen molar-refractivity contribution in [3.05, 3.63) is 42.4 Å². The lowest BCUT2D eigenvalue weighted by Gasteiger charge is -2.43. The van der Waals surface area contributed by atoms with E-state index in [0.29, 0.717) is 60.2 Å². The fourth-order valence-corrected chi connectivity index (χ4v) is 7.52. The maximum Gasteiger partial charge on any atom is 0.256 e. The Balaban J connectivity index is 1.16. The highest BCUT2D eigenvalue weighted by atomic mass is 16.5. The number of benzene rings is 1. The molecule has 3 aliphatic rings. The molecule has 2 aliphatic heterocycles. The van der Waals surface area contributed by atoms with Gasteiger partial charge >= 0.3 is 0 Å². The quantitative estimate of drug-likeness (QED) is 0.0692. The van der Waals surface area contributed by atoms with Gasteiger partial charge in [-0.1, -0.05) is 25.1 Å². The lowest BCUT2D eigenvalue weighted by atomic mass is 9.89. The van der Waals surface area contributed by atoms with E-state index in [4.69, 9.17) is 35.0 Å². The van der Waals surface area contributed by atoms with Crippen LogP contribution in [0, 0.1) is 27.7 Å². The van der Waals surface area contributed by atoms with Crippen LogP contribution in [0.15, 0.2) is 42.0 Å². The third-order valence-corrected chi connectivity index (χ3v) is 9.98. The zero-order valence-electron chi connectivity index (χ0n) is 29.9. The van der Waals surface area contributed by atoms with Crippen LogP contribution in [0.5, 0.6) is 11.6 Å². The summed E-state index contributed by atoms with van der Waals surface area (Å²) in [5, 5.41) is 29.7. The summed E-state index contributed by atoms with van der Waals surface area (Å²) in [6.07, 6.45) is 12.9. The summed E-state index contributed by atoms with van der Waals surface area (Å²) in [6.45, 7) is 8.89. The van der Waals surface area contributed by atoms with E-state index < -0.39 is 6.10 Å². The Hall–Kier alpha value is -4.65. The van der Waals surface area contributed by atoms with Crippen LogP contribution in [-0.2, 0) is 9.47 Å². The van der Waals surface area contributed by atoms with E-state index in [9.17, 15) is 5.26 Å². The lowest BCUT2D eigenvalue weighted by Crippen LogP contribution is -2.52. The summed E-state index contributed by atoms with van der Waals surface area (Å²) in [5.41, 5.74) is 9.55. The van der Waals surface area contributed by atoms with Crippen molar-refractivity contribution >= 4 is 18.0 Å². The molecule has 2 aromatic heterocycles. The van der Waals surface area contributed by atoms with Crippen molar-refractivity contribution in [3.63, 3.8) is 0 Å². The summed E-state index contributed by atoms with van der Waals surface area (Å²) in [6, 6.07) is 9.47. The number of hydrogen-bond acceptors (Lipinski definition) is 13. The largest absolute Gasteiger partial charge is 0.487 e. The van der Waals surface area contributed by atoms with Crippen molar-refractivity contribution in [1.29, 1.82) is 16.2 Å². The summed E-state index contributed by atoms with van der Waals surface area (Å²) < 4.78 is 25.6. The molecule has 2 bridgehead atoms. The van der Waals surface area contributed by atoms with E-state index in [1.165, 1.54) is 12.8 Å². The standard InChI is InChI=1S/C36H49N11O4/c1-24(17-45(23-38)44-39)51-33-13-25(5-6-26(33)14-37)27-15-40-35(41-16-27)42-32-18-46(43-34(32)50-22-36(2,3)21-48-4)28-7-9-29(10-8-28)47-30-11-12-31(47)20-49-19-30/h5-6,13,15-16,18,23-24,28-31,38-39H,7-12,17,19-22H2,1-4H3,(H,40,41,42)/t24-,28?,29?,30-,31+/m0/s1. The number of morpholine rings is 1. The van der Waals surface area contributed by atoms with Gasteiger partial charge in [0.1, 0.15) is 29.9 Å². The molecule has 2 saturated heterocycles. The van der Waals surface area contributed by atoms with Crippen molar-refractivity contribution in [3.8, 4) is 28.8 Å². The minimum atomic E-state index is -0.432. The number of hydrogen-bond donors (Lipinski definition) is 3. The van der Waals surface area contributed by atoms with Gasteiger partial charge in [-0.15, -0.1) is 5.10 Å². The Bertz CT molecular complexity index is 1660. The maximum atomic E-state index is 9.66. The average molecular weight is 700 g/mol. The average Bonchev–Trinajstić information content (AvgIpc) is 3.65. The summed E-state index contributed by atoms with van der Waals surface area (Å²) in [4.78, 5) is 12.0. The van der Waals surface area contributed by atoms with Gasteiger partial charge in [0.05, 0.1) is 50.8 Å². The fourth-order valence-electron chi connectivity index (χ4n) is 7.52. The number of nitriles is 1. The van der Waals surface area contributed by atoms with Gasteiger partial charge in [0.25, 0.3) is 5.88 Å². The molecule has 15 nitrogen and oxygen atoms in total. The Labute approximate surface area is 299 Å². The molecule has 0 spiro atoms. The van der Waals surface area contributed by atoms with E-state index in [-0.39, 0.29) is 18.0 Å². The molecule has 1 saturated carbocycles. The Morgan fingerprint density at radius 3 is 2.41 bits per heavy atom. The Morgan fingerprint density at radius 1 is 1.08 bits per heavy atom. The molecular formula is C36H49N11O4. The van der Waals surface area contributed by atoms with Crippen molar-refractivity contribution in [2.45, 2.75) is 89.6 Å². The predicted octanol–water partition coefficient (Wildman–Crippen LogP) is 5.98. The highest BCUT2D eigenvalue weighted by Gasteiger charge is 2.42. The molecule has 0 amide bonds. The molecule has 51 heavy (non-hydrogen) atoms. The number of rotatable bonds is 16. The summed E-state index contributed by atoms with van der Waals surface area (Å²) in [7, 11) is 1.69. The van der Waals surface area contributed by atoms with E-state index in [1.54, 1.807) is 38.6 Å². The minimum Gasteiger partial charge on any atom is -0.487 e. The van der Waals surface area contributed by atoms with Gasteiger partial charge in [-0.3, -0.25) is 15.0 Å². The second-order valence-corrected chi connectivity index (χ2v) is 14.6. The maximum absolute atomic E-state index is 9.66. The van der Waals surface area contributed by atoms with Crippen LogP contribution in [-0.4, -0.2) is 100 Å². The van der Waals surface area contributed by atoms with Gasteiger partial charge in [-0.2, -0.15) is 10.8 Å². The molecule has 1 aliphatic carbocycles. The van der Waals surface area contributed by atoms with Crippen LogP contribution in [0.1, 0.15) is 70.9 Å². The highest BCUT2D eigenvalue weighted by Crippen LogP contribution is 2.40. The van der Waals surface area contributed by atoms with Gasteiger partial charge in [0, 0.05) is 48.6 Å². The number of nitrogens with one attached hydrogen (secondary N) is 3. The molecule has 4 heterocycles. The second kappa shape index (κ2) is 16.1. The molecule has 3 atom stereocenters. The van der Waals surface area contributed by atoms with Gasteiger partial charge in [-0.05, 0) is 63.1 Å². The monoisotopic (exact) mass is 699 g/mol. The summed E-state index contributed by atoms with van der Waals surface area (Å²) >= 11 is 0. The zero-order chi connectivity index (χ0) is 36.0. The van der Waals surface area contributed by atoms with Gasteiger partial charge in [-0.25, -0.2) is 15.0 Å².